The van der Waals surface area contributed by atoms with Crippen molar-refractivity contribution in [2.45, 2.75) is 16.2 Å². The number of hydrogen-bond donors (Lipinski definition) is 2. The Morgan fingerprint density at radius 1 is 0.710 bits per heavy atom. The van der Waals surface area contributed by atoms with Gasteiger partial charge in [-0.1, -0.05) is 84.6 Å². The van der Waals surface area contributed by atoms with Crippen LogP contribution in [0, 0.1) is 0 Å². The van der Waals surface area contributed by atoms with Crippen LogP contribution in [0.4, 0.5) is 5.69 Å². The maximum Gasteiger partial charge on any atom is 0.243 e. The van der Waals surface area contributed by atoms with E-state index in [2.05, 4.69) is 10.6 Å². The lowest BCUT2D eigenvalue weighted by molar-refractivity contribution is -0.123. The molecule has 2 amide bonds. The van der Waals surface area contributed by atoms with E-state index in [4.69, 9.17) is 0 Å². The largest absolute Gasteiger partial charge is 0.347 e. The van der Waals surface area contributed by atoms with Gasteiger partial charge in [0.25, 0.3) is 0 Å². The van der Waals surface area contributed by atoms with Crippen LogP contribution >= 0.6 is 11.8 Å². The third-order valence-corrected chi connectivity index (χ3v) is 5.89. The predicted molar refractivity (Wildman–Crippen MR) is 126 cm³/mol. The molecule has 4 nitrogen and oxygen atoms in total. The first-order chi connectivity index (χ1) is 15.2. The molecule has 0 radical (unpaired) electrons. The Bertz CT molecular complexity index is 1200. The van der Waals surface area contributed by atoms with Gasteiger partial charge in [-0.15, -0.1) is 0 Å². The Kier molecular flexibility index (Phi) is 6.65. The Hall–Kier alpha value is -3.57. The van der Waals surface area contributed by atoms with Gasteiger partial charge < -0.3 is 10.6 Å². The molecule has 0 atom stereocenters. The van der Waals surface area contributed by atoms with Crippen LogP contribution in [0.1, 0.15) is 5.56 Å². The minimum Gasteiger partial charge on any atom is -0.347 e. The molecule has 0 bridgehead atoms. The highest BCUT2D eigenvalue weighted by Gasteiger charge is 2.11. The number of carbonyl (C=O) groups is 2. The molecule has 0 aliphatic rings. The topological polar surface area (TPSA) is 58.2 Å². The average Bonchev–Trinajstić information content (AvgIpc) is 2.80. The van der Waals surface area contributed by atoms with Crippen molar-refractivity contribution in [1.82, 2.24) is 5.32 Å². The van der Waals surface area contributed by atoms with E-state index in [-0.39, 0.29) is 24.8 Å². The van der Waals surface area contributed by atoms with Gasteiger partial charge in [0.15, 0.2) is 0 Å². The van der Waals surface area contributed by atoms with Crippen LogP contribution in [0.5, 0.6) is 0 Å². The number of fused-ring (bicyclic) bond motifs is 1. The van der Waals surface area contributed by atoms with E-state index in [9.17, 15) is 9.59 Å². The van der Waals surface area contributed by atoms with Gasteiger partial charge >= 0.3 is 0 Å². The van der Waals surface area contributed by atoms with Crippen molar-refractivity contribution in [2.24, 2.45) is 0 Å². The van der Waals surface area contributed by atoms with Gasteiger partial charge in [0.1, 0.15) is 0 Å². The molecule has 0 aliphatic heterocycles. The van der Waals surface area contributed by atoms with E-state index in [1.54, 1.807) is 11.8 Å². The van der Waals surface area contributed by atoms with Gasteiger partial charge in [-0.2, -0.15) is 0 Å². The molecule has 5 heteroatoms. The minimum absolute atomic E-state index is 0.0755. The zero-order chi connectivity index (χ0) is 21.5. The van der Waals surface area contributed by atoms with E-state index in [0.29, 0.717) is 0 Å². The third-order valence-electron chi connectivity index (χ3n) is 4.81. The molecular formula is C26H22N2O2S. The molecule has 0 fully saturated rings. The highest BCUT2D eigenvalue weighted by molar-refractivity contribution is 7.99. The number of anilines is 1. The standard InChI is InChI=1S/C26H22N2O2S/c29-25(17-20-11-8-10-19-9-4-5-14-22(19)20)27-18-26(30)28-23-15-6-7-16-24(23)31-21-12-2-1-3-13-21/h1-16H,17-18H2,(H,27,29)(H,28,30). The lowest BCUT2D eigenvalue weighted by Crippen LogP contribution is -2.33. The number of rotatable bonds is 7. The van der Waals surface area contributed by atoms with E-state index in [1.165, 1.54) is 0 Å². The first kappa shape index (κ1) is 20.7. The third kappa shape index (κ3) is 5.53. The second-order valence-electron chi connectivity index (χ2n) is 7.05. The van der Waals surface area contributed by atoms with Crippen molar-refractivity contribution in [1.29, 1.82) is 0 Å². The van der Waals surface area contributed by atoms with Crippen LogP contribution in [-0.2, 0) is 16.0 Å². The second kappa shape index (κ2) is 9.96. The first-order valence-electron chi connectivity index (χ1n) is 10.0. The molecule has 31 heavy (non-hydrogen) atoms. The van der Waals surface area contributed by atoms with Gasteiger partial charge in [-0.05, 0) is 40.6 Å². The highest BCUT2D eigenvalue weighted by Crippen LogP contribution is 2.33. The molecule has 0 spiro atoms. The summed E-state index contributed by atoms with van der Waals surface area (Å²) in [6.45, 7) is -0.0755. The highest BCUT2D eigenvalue weighted by atomic mass is 32.2. The Balaban J connectivity index is 1.35. The summed E-state index contributed by atoms with van der Waals surface area (Å²) in [6.07, 6.45) is 0.231. The molecule has 2 N–H and O–H groups in total. The second-order valence-corrected chi connectivity index (χ2v) is 8.17. The minimum atomic E-state index is -0.257. The summed E-state index contributed by atoms with van der Waals surface area (Å²) in [6, 6.07) is 31.5. The van der Waals surface area contributed by atoms with Crippen molar-refractivity contribution < 1.29 is 9.59 Å². The summed E-state index contributed by atoms with van der Waals surface area (Å²) in [5.41, 5.74) is 1.67. The molecule has 4 aromatic rings. The van der Waals surface area contributed by atoms with Crippen LogP contribution in [-0.4, -0.2) is 18.4 Å². The smallest absolute Gasteiger partial charge is 0.243 e. The van der Waals surface area contributed by atoms with Crippen LogP contribution < -0.4 is 10.6 Å². The first-order valence-corrected chi connectivity index (χ1v) is 10.9. The number of carbonyl (C=O) groups excluding carboxylic acids is 2. The quantitative estimate of drug-likeness (QED) is 0.422. The van der Waals surface area contributed by atoms with Crippen molar-refractivity contribution in [3.63, 3.8) is 0 Å². The van der Waals surface area contributed by atoms with Gasteiger partial charge in [0, 0.05) is 9.79 Å². The predicted octanol–water partition coefficient (Wildman–Crippen LogP) is 5.29. The number of benzene rings is 4. The Morgan fingerprint density at radius 2 is 1.42 bits per heavy atom. The molecule has 0 saturated carbocycles. The van der Waals surface area contributed by atoms with Crippen molar-refractivity contribution >= 4 is 40.0 Å². The lowest BCUT2D eigenvalue weighted by Gasteiger charge is -2.12. The fraction of sp³-hybridized carbons (Fsp3) is 0.0769. The van der Waals surface area contributed by atoms with E-state index >= 15 is 0 Å². The average molecular weight is 427 g/mol. The number of hydrogen-bond acceptors (Lipinski definition) is 3. The summed E-state index contributed by atoms with van der Waals surface area (Å²) < 4.78 is 0. The molecule has 4 rings (SSSR count). The molecule has 4 aromatic carbocycles. The summed E-state index contributed by atoms with van der Waals surface area (Å²) in [4.78, 5) is 26.9. The molecule has 0 heterocycles. The van der Waals surface area contributed by atoms with Gasteiger partial charge in [0.05, 0.1) is 18.7 Å². The summed E-state index contributed by atoms with van der Waals surface area (Å²) in [5, 5.41) is 7.78. The fourth-order valence-electron chi connectivity index (χ4n) is 3.33. The molecular weight excluding hydrogens is 404 g/mol. The molecule has 0 saturated heterocycles. The lowest BCUT2D eigenvalue weighted by atomic mass is 10.0. The van der Waals surface area contributed by atoms with Crippen LogP contribution in [0.15, 0.2) is 107 Å². The molecule has 0 unspecified atom stereocenters. The zero-order valence-electron chi connectivity index (χ0n) is 16.9. The maximum atomic E-state index is 12.5. The van der Waals surface area contributed by atoms with Gasteiger partial charge in [0.2, 0.25) is 11.8 Å². The Morgan fingerprint density at radius 3 is 2.29 bits per heavy atom. The van der Waals surface area contributed by atoms with Crippen molar-refractivity contribution in [3.05, 3.63) is 103 Å². The molecule has 0 aromatic heterocycles. The van der Waals surface area contributed by atoms with E-state index in [1.807, 2.05) is 97.1 Å². The normalized spacial score (nSPS) is 10.6. The zero-order valence-corrected chi connectivity index (χ0v) is 17.7. The van der Waals surface area contributed by atoms with Gasteiger partial charge in [-0.25, -0.2) is 0 Å². The van der Waals surface area contributed by atoms with Crippen LogP contribution in [0.3, 0.4) is 0 Å². The summed E-state index contributed by atoms with van der Waals surface area (Å²) in [5.74, 6) is -0.439. The number of amides is 2. The summed E-state index contributed by atoms with van der Waals surface area (Å²) in [7, 11) is 0. The number of para-hydroxylation sites is 1. The van der Waals surface area contributed by atoms with Crippen LogP contribution in [0.2, 0.25) is 0 Å². The fourth-order valence-corrected chi connectivity index (χ4v) is 4.25. The van der Waals surface area contributed by atoms with E-state index in [0.717, 1.165) is 31.8 Å². The monoisotopic (exact) mass is 426 g/mol. The molecule has 0 aliphatic carbocycles. The van der Waals surface area contributed by atoms with E-state index < -0.39 is 0 Å². The van der Waals surface area contributed by atoms with Crippen molar-refractivity contribution in [2.75, 3.05) is 11.9 Å². The SMILES string of the molecule is O=C(Cc1cccc2ccccc12)NCC(=O)Nc1ccccc1Sc1ccccc1. The molecule has 154 valence electrons. The van der Waals surface area contributed by atoms with Crippen LogP contribution in [0.25, 0.3) is 10.8 Å². The Labute approximate surface area is 185 Å². The van der Waals surface area contributed by atoms with Crippen molar-refractivity contribution in [3.8, 4) is 0 Å². The van der Waals surface area contributed by atoms with Gasteiger partial charge in [-0.3, -0.25) is 9.59 Å². The maximum absolute atomic E-state index is 12.5. The number of nitrogens with one attached hydrogen (secondary N) is 2. The summed E-state index contributed by atoms with van der Waals surface area (Å²) >= 11 is 1.58.